The molecule has 0 spiro atoms. The third-order valence-electron chi connectivity index (χ3n) is 2.87. The number of nitrogens with two attached hydrogens (primary N) is 1. The van der Waals surface area contributed by atoms with Gasteiger partial charge in [0.2, 0.25) is 0 Å². The highest BCUT2D eigenvalue weighted by Gasteiger charge is 2.25. The highest BCUT2D eigenvalue weighted by Crippen LogP contribution is 2.39. The van der Waals surface area contributed by atoms with Crippen molar-refractivity contribution in [1.29, 1.82) is 0 Å². The van der Waals surface area contributed by atoms with Crippen LogP contribution in [-0.4, -0.2) is 9.97 Å². The number of benzene rings is 1. The first-order valence-electron chi connectivity index (χ1n) is 5.52. The zero-order valence-electron chi connectivity index (χ0n) is 8.93. The van der Waals surface area contributed by atoms with Crippen LogP contribution in [0.2, 0.25) is 0 Å². The first-order chi connectivity index (χ1) is 7.84. The number of rotatable bonds is 2. The van der Waals surface area contributed by atoms with Crippen LogP contribution >= 0.6 is 0 Å². The molecule has 1 saturated carbocycles. The molecule has 16 heavy (non-hydrogen) atoms. The first-order valence-corrected chi connectivity index (χ1v) is 5.52. The van der Waals surface area contributed by atoms with Gasteiger partial charge in [-0.2, -0.15) is 0 Å². The van der Waals surface area contributed by atoms with Crippen molar-refractivity contribution in [3.63, 3.8) is 0 Å². The molecule has 1 heterocycles. The second-order valence-electron chi connectivity index (χ2n) is 4.17. The summed E-state index contributed by atoms with van der Waals surface area (Å²) in [5.41, 5.74) is 8.71. The van der Waals surface area contributed by atoms with Crippen molar-refractivity contribution in [1.82, 2.24) is 9.97 Å². The van der Waals surface area contributed by atoms with Crippen molar-refractivity contribution in [3.8, 4) is 11.4 Å². The number of nitrogens with zero attached hydrogens (tertiary/aromatic N) is 2. The molecule has 3 nitrogen and oxygen atoms in total. The molecular weight excluding hydrogens is 198 g/mol. The Balaban J connectivity index is 2.05. The van der Waals surface area contributed by atoms with Gasteiger partial charge in [0.15, 0.2) is 5.82 Å². The molecule has 0 aliphatic heterocycles. The summed E-state index contributed by atoms with van der Waals surface area (Å²) in [5.74, 6) is 1.38. The normalized spacial score (nSPS) is 15.0. The van der Waals surface area contributed by atoms with E-state index in [1.165, 1.54) is 12.8 Å². The van der Waals surface area contributed by atoms with E-state index in [-0.39, 0.29) is 0 Å². The second kappa shape index (κ2) is 3.59. The van der Waals surface area contributed by atoms with Crippen molar-refractivity contribution in [2.75, 3.05) is 5.73 Å². The van der Waals surface area contributed by atoms with Gasteiger partial charge in [0.05, 0.1) is 0 Å². The molecule has 1 fully saturated rings. The van der Waals surface area contributed by atoms with Crippen LogP contribution in [0.4, 0.5) is 5.69 Å². The fraction of sp³-hybridized carbons (Fsp3) is 0.231. The Hall–Kier alpha value is -1.90. The Kier molecular flexibility index (Phi) is 2.10. The van der Waals surface area contributed by atoms with Crippen LogP contribution in [0, 0.1) is 0 Å². The van der Waals surface area contributed by atoms with Crippen molar-refractivity contribution in [2.45, 2.75) is 18.8 Å². The fourth-order valence-corrected chi connectivity index (χ4v) is 1.81. The third kappa shape index (κ3) is 1.65. The summed E-state index contributed by atoms with van der Waals surface area (Å²) in [6, 6.07) is 9.71. The van der Waals surface area contributed by atoms with Gasteiger partial charge in [-0.1, -0.05) is 12.1 Å². The average molecular weight is 211 g/mol. The van der Waals surface area contributed by atoms with Crippen LogP contribution in [0.3, 0.4) is 0 Å². The van der Waals surface area contributed by atoms with E-state index in [4.69, 9.17) is 5.73 Å². The molecule has 0 atom stereocenters. The summed E-state index contributed by atoms with van der Waals surface area (Å²) in [6.45, 7) is 0. The molecule has 3 heteroatoms. The minimum Gasteiger partial charge on any atom is -0.398 e. The van der Waals surface area contributed by atoms with Crippen LogP contribution in [0.15, 0.2) is 36.5 Å². The molecule has 0 amide bonds. The molecule has 1 aromatic heterocycles. The maximum absolute atomic E-state index is 5.91. The van der Waals surface area contributed by atoms with E-state index in [0.29, 0.717) is 5.92 Å². The average Bonchev–Trinajstić information content (AvgIpc) is 3.14. The summed E-state index contributed by atoms with van der Waals surface area (Å²) >= 11 is 0. The SMILES string of the molecule is Nc1ccccc1-c1nccc(C2CC2)n1. The number of anilines is 1. The molecule has 0 saturated heterocycles. The standard InChI is InChI=1S/C13H13N3/c14-11-4-2-1-3-10(11)13-15-8-7-12(16-13)9-5-6-9/h1-4,7-9H,5-6,14H2. The number of nitrogen functional groups attached to an aromatic ring is 1. The lowest BCUT2D eigenvalue weighted by atomic mass is 10.1. The minimum absolute atomic E-state index is 0.645. The van der Waals surface area contributed by atoms with Gasteiger partial charge in [-0.25, -0.2) is 9.97 Å². The van der Waals surface area contributed by atoms with Gasteiger partial charge in [-0.3, -0.25) is 0 Å². The lowest BCUT2D eigenvalue weighted by molar-refractivity contribution is 0.994. The third-order valence-corrected chi connectivity index (χ3v) is 2.87. The molecular formula is C13H13N3. The Morgan fingerprint density at radius 2 is 1.94 bits per heavy atom. The predicted octanol–water partition coefficient (Wildman–Crippen LogP) is 2.60. The monoisotopic (exact) mass is 211 g/mol. The summed E-state index contributed by atoms with van der Waals surface area (Å²) in [4.78, 5) is 8.86. The molecule has 0 bridgehead atoms. The molecule has 2 aromatic rings. The zero-order chi connectivity index (χ0) is 11.0. The van der Waals surface area contributed by atoms with Gasteiger partial charge >= 0.3 is 0 Å². The van der Waals surface area contributed by atoms with Crippen molar-refractivity contribution < 1.29 is 0 Å². The Labute approximate surface area is 94.4 Å². The summed E-state index contributed by atoms with van der Waals surface area (Å²) in [5, 5.41) is 0. The largest absolute Gasteiger partial charge is 0.398 e. The molecule has 1 aliphatic carbocycles. The van der Waals surface area contributed by atoms with Crippen LogP contribution in [0.25, 0.3) is 11.4 Å². The molecule has 0 radical (unpaired) electrons. The quantitative estimate of drug-likeness (QED) is 0.777. The van der Waals surface area contributed by atoms with E-state index in [9.17, 15) is 0 Å². The van der Waals surface area contributed by atoms with E-state index in [2.05, 4.69) is 9.97 Å². The molecule has 1 aliphatic rings. The number of hydrogen-bond donors (Lipinski definition) is 1. The Bertz CT molecular complexity index is 518. The number of hydrogen-bond acceptors (Lipinski definition) is 3. The molecule has 3 rings (SSSR count). The zero-order valence-corrected chi connectivity index (χ0v) is 8.93. The lowest BCUT2D eigenvalue weighted by Crippen LogP contribution is -1.96. The second-order valence-corrected chi connectivity index (χ2v) is 4.17. The van der Waals surface area contributed by atoms with Gasteiger partial charge in [0, 0.05) is 29.1 Å². The predicted molar refractivity (Wildman–Crippen MR) is 63.9 cm³/mol. The summed E-state index contributed by atoms with van der Waals surface area (Å²) in [7, 11) is 0. The van der Waals surface area contributed by atoms with Gasteiger partial charge in [0.25, 0.3) is 0 Å². The first kappa shape index (κ1) is 9.33. The van der Waals surface area contributed by atoms with Crippen LogP contribution in [0.1, 0.15) is 24.5 Å². The Morgan fingerprint density at radius 1 is 1.12 bits per heavy atom. The van der Waals surface area contributed by atoms with Crippen LogP contribution < -0.4 is 5.73 Å². The van der Waals surface area contributed by atoms with Gasteiger partial charge in [0.1, 0.15) is 0 Å². The van der Waals surface area contributed by atoms with Gasteiger partial charge in [-0.15, -0.1) is 0 Å². The van der Waals surface area contributed by atoms with Crippen molar-refractivity contribution in [3.05, 3.63) is 42.2 Å². The molecule has 80 valence electrons. The van der Waals surface area contributed by atoms with Gasteiger partial charge in [-0.05, 0) is 31.0 Å². The van der Waals surface area contributed by atoms with Gasteiger partial charge < -0.3 is 5.73 Å². The fourth-order valence-electron chi connectivity index (χ4n) is 1.81. The van der Waals surface area contributed by atoms with Crippen LogP contribution in [0.5, 0.6) is 0 Å². The van der Waals surface area contributed by atoms with Crippen molar-refractivity contribution >= 4 is 5.69 Å². The van der Waals surface area contributed by atoms with E-state index in [0.717, 1.165) is 22.8 Å². The van der Waals surface area contributed by atoms with E-state index in [1.807, 2.05) is 36.5 Å². The molecule has 1 aromatic carbocycles. The van der Waals surface area contributed by atoms with Crippen molar-refractivity contribution in [2.24, 2.45) is 0 Å². The summed E-state index contributed by atoms with van der Waals surface area (Å²) < 4.78 is 0. The molecule has 2 N–H and O–H groups in total. The summed E-state index contributed by atoms with van der Waals surface area (Å²) in [6.07, 6.45) is 4.32. The maximum atomic E-state index is 5.91. The minimum atomic E-state index is 0.645. The number of aromatic nitrogens is 2. The maximum Gasteiger partial charge on any atom is 0.161 e. The van der Waals surface area contributed by atoms with E-state index < -0.39 is 0 Å². The highest BCUT2D eigenvalue weighted by molar-refractivity contribution is 5.71. The van der Waals surface area contributed by atoms with E-state index >= 15 is 0 Å². The smallest absolute Gasteiger partial charge is 0.161 e. The highest BCUT2D eigenvalue weighted by atomic mass is 14.9. The Morgan fingerprint density at radius 3 is 2.69 bits per heavy atom. The lowest BCUT2D eigenvalue weighted by Gasteiger charge is -2.05. The number of para-hydroxylation sites is 1. The molecule has 0 unspecified atom stereocenters. The van der Waals surface area contributed by atoms with Crippen LogP contribution in [-0.2, 0) is 0 Å². The van der Waals surface area contributed by atoms with E-state index in [1.54, 1.807) is 0 Å². The topological polar surface area (TPSA) is 51.8 Å².